The Hall–Kier alpha value is 1.32. The van der Waals surface area contributed by atoms with Crippen molar-refractivity contribution in [2.75, 3.05) is 5.75 Å². The molecule has 0 saturated carbocycles. The molecule has 0 unspecified atom stereocenters. The largest absolute Gasteiger partial charge is 0.237 e. The topological polar surface area (TPSA) is 18.5 Å². The van der Waals surface area contributed by atoms with Crippen LogP contribution in [0.1, 0.15) is 6.92 Å². The van der Waals surface area contributed by atoms with E-state index in [0.29, 0.717) is 0 Å². The summed E-state index contributed by atoms with van der Waals surface area (Å²) in [5.74, 6) is 0.945. The van der Waals surface area contributed by atoms with Crippen molar-refractivity contribution in [1.29, 1.82) is 0 Å². The van der Waals surface area contributed by atoms with E-state index < -0.39 is 0 Å². The van der Waals surface area contributed by atoms with Crippen molar-refractivity contribution in [2.24, 2.45) is 0 Å². The average Bonchev–Trinajstić information content (AvgIpc) is 1.81. The summed E-state index contributed by atoms with van der Waals surface area (Å²) in [7, 11) is 0. The van der Waals surface area contributed by atoms with Crippen LogP contribution in [0, 0.1) is 0 Å². The standard InChI is InChI=1S/C2H6O2S4/c1-2-6-4-8-7-3-5/h5H,2H2,1H3. The minimum atomic E-state index is 0.945. The minimum absolute atomic E-state index is 0.945. The van der Waals surface area contributed by atoms with Crippen molar-refractivity contribution in [3.05, 3.63) is 0 Å². The van der Waals surface area contributed by atoms with Crippen LogP contribution in [0.3, 0.4) is 0 Å². The lowest BCUT2D eigenvalue weighted by molar-refractivity contribution is 0.757. The average molecular weight is 190 g/mol. The second kappa shape index (κ2) is 8.32. The van der Waals surface area contributed by atoms with Crippen molar-refractivity contribution in [2.45, 2.75) is 6.92 Å². The van der Waals surface area contributed by atoms with Crippen molar-refractivity contribution in [1.82, 2.24) is 0 Å². The van der Waals surface area contributed by atoms with E-state index in [1.807, 2.05) is 6.92 Å². The van der Waals surface area contributed by atoms with Gasteiger partial charge in [0.1, 0.15) is 22.1 Å². The van der Waals surface area contributed by atoms with Gasteiger partial charge in [0.25, 0.3) is 0 Å². The fourth-order valence-electron chi connectivity index (χ4n) is 0.0915. The Morgan fingerprint density at radius 3 is 2.75 bits per heavy atom. The quantitative estimate of drug-likeness (QED) is 0.310. The Kier molecular flexibility index (Phi) is 9.69. The van der Waals surface area contributed by atoms with Gasteiger partial charge in [0.05, 0.1) is 0 Å². The summed E-state index contributed by atoms with van der Waals surface area (Å²) < 4.78 is 9.17. The highest BCUT2D eigenvalue weighted by Crippen LogP contribution is 2.28. The van der Waals surface area contributed by atoms with Crippen LogP contribution >= 0.6 is 47.1 Å². The maximum atomic E-state index is 4.85. The van der Waals surface area contributed by atoms with E-state index in [0.717, 1.165) is 27.9 Å². The van der Waals surface area contributed by atoms with Crippen LogP contribution < -0.4 is 0 Å². The van der Waals surface area contributed by atoms with Gasteiger partial charge in [0, 0.05) is 17.8 Å². The second-order valence-electron chi connectivity index (χ2n) is 0.685. The molecule has 0 aliphatic carbocycles. The van der Waals surface area contributed by atoms with Gasteiger partial charge in [-0.3, -0.25) is 0 Å². The predicted octanol–water partition coefficient (Wildman–Crippen LogP) is 2.74. The van der Waals surface area contributed by atoms with Crippen molar-refractivity contribution in [3.63, 3.8) is 0 Å². The van der Waals surface area contributed by atoms with E-state index in [9.17, 15) is 0 Å². The first-order chi connectivity index (χ1) is 3.91. The number of hydrogen-bond donors (Lipinski definition) is 1. The third kappa shape index (κ3) is 7.32. The smallest absolute Gasteiger partial charge is 0.109 e. The molecule has 2 nitrogen and oxygen atoms in total. The Bertz CT molecular complexity index is 37.0. The lowest BCUT2D eigenvalue weighted by Gasteiger charge is -1.92. The van der Waals surface area contributed by atoms with E-state index in [1.54, 1.807) is 0 Å². The van der Waals surface area contributed by atoms with Crippen molar-refractivity contribution >= 4 is 47.1 Å². The molecule has 6 heteroatoms. The van der Waals surface area contributed by atoms with Crippen LogP contribution in [0.2, 0.25) is 0 Å². The summed E-state index contributed by atoms with van der Waals surface area (Å²) in [6.07, 6.45) is 0. The minimum Gasteiger partial charge on any atom is -0.237 e. The third-order valence-corrected chi connectivity index (χ3v) is 2.61. The Morgan fingerprint density at radius 2 is 2.25 bits per heavy atom. The van der Waals surface area contributed by atoms with Crippen LogP contribution in [0.4, 0.5) is 0 Å². The molecule has 0 saturated heterocycles. The lowest BCUT2D eigenvalue weighted by atomic mass is 11.0. The summed E-state index contributed by atoms with van der Waals surface area (Å²) in [5.41, 5.74) is 0. The van der Waals surface area contributed by atoms with Crippen LogP contribution in [-0.4, -0.2) is 5.75 Å². The van der Waals surface area contributed by atoms with Gasteiger partial charge < -0.3 is 0 Å². The first kappa shape index (κ1) is 9.32. The normalized spacial score (nSPS) is 9.75. The Labute approximate surface area is 67.1 Å². The monoisotopic (exact) mass is 190 g/mol. The first-order valence-electron chi connectivity index (χ1n) is 1.85. The predicted molar refractivity (Wildman–Crippen MR) is 44.5 cm³/mol. The van der Waals surface area contributed by atoms with Gasteiger partial charge in [0.15, 0.2) is 0 Å². The molecule has 0 aliphatic rings. The van der Waals surface area contributed by atoms with Gasteiger partial charge in [-0.25, -0.2) is 7.26 Å². The summed E-state index contributed by atoms with van der Waals surface area (Å²) in [6, 6.07) is 0. The molecule has 0 aromatic rings. The molecule has 0 bridgehead atoms. The van der Waals surface area contributed by atoms with E-state index in [4.69, 9.17) is 3.63 Å². The number of rotatable bonds is 5. The molecule has 8 heavy (non-hydrogen) atoms. The SMILES string of the molecule is CCSOSSOS. The zero-order valence-electron chi connectivity index (χ0n) is 4.20. The molecule has 0 spiro atoms. The molecule has 0 rings (SSSR count). The summed E-state index contributed by atoms with van der Waals surface area (Å²) >= 11 is 7.10. The van der Waals surface area contributed by atoms with E-state index in [-0.39, 0.29) is 0 Å². The molecule has 0 N–H and O–H groups in total. The van der Waals surface area contributed by atoms with Gasteiger partial charge in [-0.15, -0.1) is 0 Å². The fourth-order valence-corrected chi connectivity index (χ4v) is 1.60. The molecular formula is C2H6O2S4. The molecule has 50 valence electrons. The van der Waals surface area contributed by atoms with E-state index >= 15 is 0 Å². The molecule has 0 amide bonds. The lowest BCUT2D eigenvalue weighted by Crippen LogP contribution is -1.62. The molecule has 0 fully saturated rings. The van der Waals surface area contributed by atoms with Crippen LogP contribution in [-0.2, 0) is 7.26 Å². The zero-order chi connectivity index (χ0) is 6.24. The van der Waals surface area contributed by atoms with Gasteiger partial charge in [-0.1, -0.05) is 6.92 Å². The fraction of sp³-hybridized carbons (Fsp3) is 1.00. The Balaban J connectivity index is 2.53. The third-order valence-electron chi connectivity index (χ3n) is 0.252. The maximum Gasteiger partial charge on any atom is 0.109 e. The molecule has 0 aliphatic heterocycles. The molecule has 0 heterocycles. The molecular weight excluding hydrogens is 184 g/mol. The van der Waals surface area contributed by atoms with Crippen molar-refractivity contribution in [3.8, 4) is 0 Å². The van der Waals surface area contributed by atoms with Gasteiger partial charge in [-0.2, -0.15) is 0 Å². The van der Waals surface area contributed by atoms with E-state index in [1.165, 1.54) is 12.0 Å². The number of thiol groups is 1. The van der Waals surface area contributed by atoms with E-state index in [2.05, 4.69) is 16.5 Å². The van der Waals surface area contributed by atoms with Crippen LogP contribution in [0.25, 0.3) is 0 Å². The maximum absolute atomic E-state index is 4.85. The van der Waals surface area contributed by atoms with Crippen LogP contribution in [0.15, 0.2) is 0 Å². The van der Waals surface area contributed by atoms with Gasteiger partial charge in [0.2, 0.25) is 0 Å². The van der Waals surface area contributed by atoms with Crippen LogP contribution in [0.5, 0.6) is 0 Å². The summed E-state index contributed by atoms with van der Waals surface area (Å²) in [6.45, 7) is 2.01. The summed E-state index contributed by atoms with van der Waals surface area (Å²) in [4.78, 5) is 0. The summed E-state index contributed by atoms with van der Waals surface area (Å²) in [5, 5.41) is 0. The highest BCUT2D eigenvalue weighted by Gasteiger charge is 1.86. The second-order valence-corrected chi connectivity index (χ2v) is 3.73. The van der Waals surface area contributed by atoms with Gasteiger partial charge >= 0.3 is 0 Å². The first-order valence-corrected chi connectivity index (χ1v) is 5.12. The molecule has 0 radical (unpaired) electrons. The zero-order valence-corrected chi connectivity index (χ0v) is 7.54. The molecule has 0 aromatic heterocycles. The number of hydrogen-bond acceptors (Lipinski definition) is 6. The van der Waals surface area contributed by atoms with Gasteiger partial charge in [-0.05, 0) is 12.9 Å². The molecule has 0 atom stereocenters. The van der Waals surface area contributed by atoms with Crippen molar-refractivity contribution < 1.29 is 7.26 Å². The highest BCUT2D eigenvalue weighted by atomic mass is 33.1. The highest BCUT2D eigenvalue weighted by molar-refractivity contribution is 8.74. The molecule has 0 aromatic carbocycles. The Morgan fingerprint density at radius 1 is 1.50 bits per heavy atom.